The van der Waals surface area contributed by atoms with Gasteiger partial charge >= 0.3 is 0 Å². The summed E-state index contributed by atoms with van der Waals surface area (Å²) in [5, 5.41) is 0. The highest BCUT2D eigenvalue weighted by Crippen LogP contribution is 2.11. The number of hydrogen-bond donors (Lipinski definition) is 0. The highest BCUT2D eigenvalue weighted by Gasteiger charge is 1.91. The molecule has 0 heterocycles. The Bertz CT molecular complexity index is 281. The number of rotatable bonds is 3. The van der Waals surface area contributed by atoms with Crippen molar-refractivity contribution >= 4 is 5.94 Å². The van der Waals surface area contributed by atoms with Gasteiger partial charge in [-0.15, -0.1) is 0 Å². The molecule has 0 aromatic heterocycles. The van der Waals surface area contributed by atoms with Crippen LogP contribution < -0.4 is 4.74 Å². The van der Waals surface area contributed by atoms with Crippen molar-refractivity contribution in [3.63, 3.8) is 0 Å². The van der Waals surface area contributed by atoms with E-state index >= 15 is 0 Å². The van der Waals surface area contributed by atoms with E-state index in [1.165, 1.54) is 6.08 Å². The molecule has 0 radical (unpaired) electrons. The van der Waals surface area contributed by atoms with E-state index in [1.54, 1.807) is 13.1 Å². The van der Waals surface area contributed by atoms with Crippen LogP contribution >= 0.6 is 0 Å². The van der Waals surface area contributed by atoms with Crippen LogP contribution in [0.2, 0.25) is 0 Å². The standard InChI is InChI=1S/C10H10O2/c1-12-10-6-4-9(5-7-10)3-2-8-11/h2,4-7H,3H2,1H3. The van der Waals surface area contributed by atoms with Gasteiger partial charge in [-0.05, 0) is 17.7 Å². The van der Waals surface area contributed by atoms with Gasteiger partial charge < -0.3 is 4.74 Å². The zero-order valence-electron chi connectivity index (χ0n) is 6.91. The Morgan fingerprint density at radius 3 is 2.58 bits per heavy atom. The van der Waals surface area contributed by atoms with E-state index in [2.05, 4.69) is 0 Å². The Morgan fingerprint density at radius 1 is 1.42 bits per heavy atom. The number of carbonyl (C=O) groups excluding carboxylic acids is 1. The lowest BCUT2D eigenvalue weighted by Crippen LogP contribution is -1.84. The van der Waals surface area contributed by atoms with Crippen molar-refractivity contribution in [1.82, 2.24) is 0 Å². The summed E-state index contributed by atoms with van der Waals surface area (Å²) in [5.74, 6) is 2.57. The van der Waals surface area contributed by atoms with E-state index in [1.807, 2.05) is 24.3 Å². The van der Waals surface area contributed by atoms with Gasteiger partial charge in [-0.1, -0.05) is 12.1 Å². The summed E-state index contributed by atoms with van der Waals surface area (Å²) in [6, 6.07) is 7.58. The van der Waals surface area contributed by atoms with Crippen LogP contribution in [-0.2, 0) is 11.2 Å². The SMILES string of the molecule is COc1ccc(CC=C=O)cc1. The molecular formula is C10H10O2. The summed E-state index contributed by atoms with van der Waals surface area (Å²) in [5.41, 5.74) is 1.08. The Morgan fingerprint density at radius 2 is 2.08 bits per heavy atom. The number of ether oxygens (including phenoxy) is 1. The Hall–Kier alpha value is -1.53. The fourth-order valence-electron chi connectivity index (χ4n) is 0.921. The molecule has 0 fully saturated rings. The minimum atomic E-state index is 0.632. The van der Waals surface area contributed by atoms with Gasteiger partial charge in [-0.3, -0.25) is 0 Å². The van der Waals surface area contributed by atoms with Crippen LogP contribution in [0.1, 0.15) is 5.56 Å². The molecule has 0 aliphatic rings. The van der Waals surface area contributed by atoms with Gasteiger partial charge in [0.15, 0.2) is 0 Å². The van der Waals surface area contributed by atoms with Crippen molar-refractivity contribution in [3.8, 4) is 5.75 Å². The average Bonchev–Trinajstić information content (AvgIpc) is 2.15. The highest BCUT2D eigenvalue weighted by atomic mass is 16.5. The van der Waals surface area contributed by atoms with Gasteiger partial charge in [0.05, 0.1) is 7.11 Å². The van der Waals surface area contributed by atoms with Crippen molar-refractivity contribution < 1.29 is 9.53 Å². The third-order valence-electron chi connectivity index (χ3n) is 1.58. The van der Waals surface area contributed by atoms with E-state index in [-0.39, 0.29) is 0 Å². The summed E-state index contributed by atoms with van der Waals surface area (Å²) in [6.45, 7) is 0. The fraction of sp³-hybridized carbons (Fsp3) is 0.200. The molecule has 1 rings (SSSR count). The lowest BCUT2D eigenvalue weighted by atomic mass is 10.1. The molecule has 12 heavy (non-hydrogen) atoms. The van der Waals surface area contributed by atoms with Crippen LogP contribution in [-0.4, -0.2) is 13.1 Å². The average molecular weight is 162 g/mol. The topological polar surface area (TPSA) is 26.3 Å². The quantitative estimate of drug-likeness (QED) is 0.631. The highest BCUT2D eigenvalue weighted by molar-refractivity contribution is 5.46. The van der Waals surface area contributed by atoms with Crippen molar-refractivity contribution in [1.29, 1.82) is 0 Å². The predicted molar refractivity (Wildman–Crippen MR) is 47.0 cm³/mol. The molecule has 0 bridgehead atoms. The largest absolute Gasteiger partial charge is 0.497 e. The predicted octanol–water partition coefficient (Wildman–Crippen LogP) is 1.63. The lowest BCUT2D eigenvalue weighted by Gasteiger charge is -1.99. The molecule has 0 aliphatic heterocycles. The molecule has 0 saturated carbocycles. The van der Waals surface area contributed by atoms with E-state index in [0.717, 1.165) is 11.3 Å². The molecule has 0 unspecified atom stereocenters. The Kier molecular flexibility index (Phi) is 3.12. The van der Waals surface area contributed by atoms with Crippen molar-refractivity contribution in [2.75, 3.05) is 7.11 Å². The van der Waals surface area contributed by atoms with E-state index in [9.17, 15) is 4.79 Å². The molecular weight excluding hydrogens is 152 g/mol. The first-order valence-electron chi connectivity index (χ1n) is 3.69. The zero-order chi connectivity index (χ0) is 8.81. The third-order valence-corrected chi connectivity index (χ3v) is 1.58. The van der Waals surface area contributed by atoms with Crippen LogP contribution in [0.25, 0.3) is 0 Å². The fourth-order valence-corrected chi connectivity index (χ4v) is 0.921. The van der Waals surface area contributed by atoms with Crippen molar-refractivity contribution in [2.45, 2.75) is 6.42 Å². The van der Waals surface area contributed by atoms with Gasteiger partial charge in [-0.25, -0.2) is 4.79 Å². The smallest absolute Gasteiger partial charge is 0.120 e. The van der Waals surface area contributed by atoms with Crippen LogP contribution in [0.3, 0.4) is 0 Å². The van der Waals surface area contributed by atoms with Gasteiger partial charge in [0.1, 0.15) is 11.7 Å². The zero-order valence-corrected chi connectivity index (χ0v) is 6.91. The summed E-state index contributed by atoms with van der Waals surface area (Å²) in [4.78, 5) is 9.90. The second kappa shape index (κ2) is 4.37. The second-order valence-electron chi connectivity index (χ2n) is 2.37. The lowest BCUT2D eigenvalue weighted by molar-refractivity contribution is 0.414. The molecule has 0 atom stereocenters. The normalized spacial score (nSPS) is 8.75. The molecule has 1 aromatic rings. The maximum Gasteiger partial charge on any atom is 0.120 e. The number of allylic oxidation sites excluding steroid dienone is 1. The van der Waals surface area contributed by atoms with Gasteiger partial charge in [0.2, 0.25) is 0 Å². The molecule has 2 heteroatoms. The maximum atomic E-state index is 9.90. The number of benzene rings is 1. The molecule has 1 aromatic carbocycles. The van der Waals surface area contributed by atoms with Gasteiger partial charge in [0.25, 0.3) is 0 Å². The molecule has 2 nitrogen and oxygen atoms in total. The summed E-state index contributed by atoms with van der Waals surface area (Å²) in [7, 11) is 1.63. The molecule has 0 spiro atoms. The summed E-state index contributed by atoms with van der Waals surface area (Å²) >= 11 is 0. The first kappa shape index (κ1) is 8.57. The van der Waals surface area contributed by atoms with Crippen LogP contribution in [0, 0.1) is 0 Å². The van der Waals surface area contributed by atoms with E-state index in [0.29, 0.717) is 6.42 Å². The monoisotopic (exact) mass is 162 g/mol. The maximum absolute atomic E-state index is 9.90. The van der Waals surface area contributed by atoms with Crippen molar-refractivity contribution in [2.24, 2.45) is 0 Å². The minimum Gasteiger partial charge on any atom is -0.497 e. The molecule has 62 valence electrons. The van der Waals surface area contributed by atoms with Gasteiger partial charge in [-0.2, -0.15) is 0 Å². The van der Waals surface area contributed by atoms with Crippen molar-refractivity contribution in [3.05, 3.63) is 35.9 Å². The summed E-state index contributed by atoms with van der Waals surface area (Å²) < 4.78 is 4.99. The number of hydrogen-bond acceptors (Lipinski definition) is 2. The van der Waals surface area contributed by atoms with E-state index in [4.69, 9.17) is 4.74 Å². The van der Waals surface area contributed by atoms with Crippen LogP contribution in [0.15, 0.2) is 30.3 Å². The molecule has 0 aliphatic carbocycles. The first-order valence-corrected chi connectivity index (χ1v) is 3.69. The Balaban J connectivity index is 2.70. The van der Waals surface area contributed by atoms with Gasteiger partial charge in [0, 0.05) is 12.5 Å². The van der Waals surface area contributed by atoms with E-state index < -0.39 is 0 Å². The molecule has 0 amide bonds. The Labute approximate surface area is 71.5 Å². The number of methoxy groups -OCH3 is 1. The summed E-state index contributed by atoms with van der Waals surface area (Å²) in [6.07, 6.45) is 2.09. The molecule has 0 N–H and O–H groups in total. The minimum absolute atomic E-state index is 0.632. The first-order chi connectivity index (χ1) is 5.86. The second-order valence-corrected chi connectivity index (χ2v) is 2.37. The molecule has 0 saturated heterocycles. The van der Waals surface area contributed by atoms with Crippen LogP contribution in [0.4, 0.5) is 0 Å². The van der Waals surface area contributed by atoms with Crippen LogP contribution in [0.5, 0.6) is 5.75 Å². The third kappa shape index (κ3) is 2.26.